The second-order valence-electron chi connectivity index (χ2n) is 10.9. The van der Waals surface area contributed by atoms with Gasteiger partial charge in [0.15, 0.2) is 5.82 Å². The average molecular weight is 575 g/mol. The molecule has 1 aliphatic heterocycles. The average Bonchev–Trinajstić information content (AvgIpc) is 3.47. The minimum Gasteiger partial charge on any atom is -0.497 e. The number of methoxy groups -OCH3 is 2. The summed E-state index contributed by atoms with van der Waals surface area (Å²) in [4.78, 5) is 36.0. The molecule has 5 rings (SSSR count). The fourth-order valence-corrected chi connectivity index (χ4v) is 4.67. The Kier molecular flexibility index (Phi) is 7.83. The van der Waals surface area contributed by atoms with Gasteiger partial charge in [-0.2, -0.15) is 14.9 Å². The first-order chi connectivity index (χ1) is 20.0. The quantitative estimate of drug-likeness (QED) is 0.360. The number of nitrogens with two attached hydrogens (primary N) is 1. The van der Waals surface area contributed by atoms with Crippen LogP contribution in [0.1, 0.15) is 39.7 Å². The first-order valence-electron chi connectivity index (χ1n) is 13.5. The van der Waals surface area contributed by atoms with E-state index in [2.05, 4.69) is 15.2 Å². The zero-order valence-electron chi connectivity index (χ0n) is 24.3. The van der Waals surface area contributed by atoms with Crippen LogP contribution in [0.4, 0.5) is 10.6 Å². The number of benzene rings is 1. The molecule has 2 N–H and O–H groups in total. The number of aromatic nitrogens is 6. The number of piperidine rings is 1. The fraction of sp³-hybridized carbons (Fsp3) is 0.379. The van der Waals surface area contributed by atoms with Crippen molar-refractivity contribution < 1.29 is 19.0 Å². The summed E-state index contributed by atoms with van der Waals surface area (Å²) in [7, 11) is 3.06. The normalized spacial score (nSPS) is 14.1. The highest BCUT2D eigenvalue weighted by Gasteiger charge is 2.28. The first kappa shape index (κ1) is 28.6. The third-order valence-corrected chi connectivity index (χ3v) is 6.81. The maximum Gasteiger partial charge on any atom is 0.410 e. The number of carbonyl (C=O) groups is 1. The summed E-state index contributed by atoms with van der Waals surface area (Å²) in [5.74, 6) is 1.19. The van der Waals surface area contributed by atoms with Crippen molar-refractivity contribution in [1.29, 1.82) is 0 Å². The smallest absolute Gasteiger partial charge is 0.410 e. The van der Waals surface area contributed by atoms with Gasteiger partial charge >= 0.3 is 6.09 Å². The summed E-state index contributed by atoms with van der Waals surface area (Å²) >= 11 is 0. The Hall–Kier alpha value is -4.94. The van der Waals surface area contributed by atoms with E-state index in [1.807, 2.05) is 31.6 Å². The molecule has 0 unspecified atom stereocenters. The van der Waals surface area contributed by atoms with Gasteiger partial charge in [-0.05, 0) is 39.7 Å². The van der Waals surface area contributed by atoms with E-state index in [-0.39, 0.29) is 23.5 Å². The number of hydrogen-bond donors (Lipinski definition) is 1. The monoisotopic (exact) mass is 574 g/mol. The lowest BCUT2D eigenvalue weighted by molar-refractivity contribution is 0.0185. The Labute approximate surface area is 242 Å². The van der Waals surface area contributed by atoms with Gasteiger partial charge in [-0.15, -0.1) is 0 Å². The van der Waals surface area contributed by atoms with Crippen molar-refractivity contribution in [3.8, 4) is 39.8 Å². The van der Waals surface area contributed by atoms with Crippen LogP contribution in [0.3, 0.4) is 0 Å². The van der Waals surface area contributed by atoms with E-state index in [1.165, 1.54) is 25.0 Å². The standard InChI is InChI=1S/C29H34N8O5/c1-29(2,3)42-28(39)35-10-8-19(9-11-35)36-17-18(15-32-36)24-16-31-27(30)26(33-24)23-6-7-25(38)37(34-23)20-12-21(40-4)14-22(13-20)41-5/h6-7,12-17,19H,8-11H2,1-5H3,(H2,30,31). The van der Waals surface area contributed by atoms with Crippen molar-refractivity contribution in [3.63, 3.8) is 0 Å². The van der Waals surface area contributed by atoms with E-state index in [0.29, 0.717) is 47.4 Å². The van der Waals surface area contributed by atoms with Gasteiger partial charge in [-0.1, -0.05) is 0 Å². The van der Waals surface area contributed by atoms with Gasteiger partial charge in [-0.3, -0.25) is 9.48 Å². The number of hydrogen-bond acceptors (Lipinski definition) is 10. The van der Waals surface area contributed by atoms with Crippen molar-refractivity contribution >= 4 is 11.9 Å². The third-order valence-electron chi connectivity index (χ3n) is 6.81. The highest BCUT2D eigenvalue weighted by atomic mass is 16.6. The first-order valence-corrected chi connectivity index (χ1v) is 13.5. The number of anilines is 1. The molecule has 4 aromatic rings. The summed E-state index contributed by atoms with van der Waals surface area (Å²) < 4.78 is 19.3. The van der Waals surface area contributed by atoms with Crippen molar-refractivity contribution in [2.75, 3.05) is 33.0 Å². The lowest BCUT2D eigenvalue weighted by Crippen LogP contribution is -2.42. The minimum absolute atomic E-state index is 0.128. The highest BCUT2D eigenvalue weighted by molar-refractivity contribution is 5.70. The molecule has 0 aliphatic carbocycles. The molecular weight excluding hydrogens is 540 g/mol. The van der Waals surface area contributed by atoms with Crippen LogP contribution in [0.2, 0.25) is 0 Å². The summed E-state index contributed by atoms with van der Waals surface area (Å²) in [6, 6.07) is 8.14. The SMILES string of the molecule is COc1cc(OC)cc(-n2nc(-c3nc(-c4cnn(C5CCN(C(=O)OC(C)(C)C)CC5)c4)cnc3N)ccc2=O)c1. The van der Waals surface area contributed by atoms with Gasteiger partial charge < -0.3 is 24.8 Å². The Morgan fingerprint density at radius 1 is 1.00 bits per heavy atom. The largest absolute Gasteiger partial charge is 0.497 e. The number of rotatable bonds is 6. The summed E-state index contributed by atoms with van der Waals surface area (Å²) in [5, 5.41) is 9.10. The summed E-state index contributed by atoms with van der Waals surface area (Å²) in [5.41, 5.74) is 7.79. The highest BCUT2D eigenvalue weighted by Crippen LogP contribution is 2.29. The van der Waals surface area contributed by atoms with Crippen LogP contribution in [-0.2, 0) is 4.74 Å². The van der Waals surface area contributed by atoms with E-state index in [1.54, 1.807) is 41.6 Å². The van der Waals surface area contributed by atoms with Gasteiger partial charge in [0, 0.05) is 49.1 Å². The lowest BCUT2D eigenvalue weighted by atomic mass is 10.1. The Morgan fingerprint density at radius 2 is 1.69 bits per heavy atom. The molecule has 4 heterocycles. The second-order valence-corrected chi connectivity index (χ2v) is 10.9. The fourth-order valence-electron chi connectivity index (χ4n) is 4.67. The molecule has 42 heavy (non-hydrogen) atoms. The zero-order chi connectivity index (χ0) is 30.0. The molecule has 1 amide bonds. The number of ether oxygens (including phenoxy) is 3. The van der Waals surface area contributed by atoms with Crippen LogP contribution in [-0.4, -0.2) is 73.4 Å². The minimum atomic E-state index is -0.529. The zero-order valence-corrected chi connectivity index (χ0v) is 24.3. The number of carbonyl (C=O) groups excluding carboxylic acids is 1. The van der Waals surface area contributed by atoms with E-state index in [9.17, 15) is 9.59 Å². The Bertz CT molecular complexity index is 1630. The van der Waals surface area contributed by atoms with Crippen molar-refractivity contribution in [2.45, 2.75) is 45.3 Å². The number of nitrogen functional groups attached to an aromatic ring is 1. The molecule has 1 aliphatic rings. The van der Waals surface area contributed by atoms with Crippen LogP contribution < -0.4 is 20.8 Å². The molecule has 1 aromatic carbocycles. The summed E-state index contributed by atoms with van der Waals surface area (Å²) in [6.45, 7) is 6.75. The Balaban J connectivity index is 1.38. The molecule has 0 spiro atoms. The van der Waals surface area contributed by atoms with E-state index >= 15 is 0 Å². The maximum atomic E-state index is 12.8. The second kappa shape index (κ2) is 11.5. The predicted molar refractivity (Wildman–Crippen MR) is 156 cm³/mol. The van der Waals surface area contributed by atoms with Gasteiger partial charge in [0.2, 0.25) is 0 Å². The third kappa shape index (κ3) is 6.19. The van der Waals surface area contributed by atoms with E-state index < -0.39 is 5.60 Å². The number of nitrogens with zero attached hydrogens (tertiary/aromatic N) is 7. The van der Waals surface area contributed by atoms with Gasteiger partial charge in [0.1, 0.15) is 28.5 Å². The molecule has 0 radical (unpaired) electrons. The van der Waals surface area contributed by atoms with Gasteiger partial charge in [0.25, 0.3) is 5.56 Å². The molecule has 1 saturated heterocycles. The lowest BCUT2D eigenvalue weighted by Gasteiger charge is -2.33. The van der Waals surface area contributed by atoms with Crippen LogP contribution in [0.5, 0.6) is 11.5 Å². The van der Waals surface area contributed by atoms with Gasteiger partial charge in [-0.25, -0.2) is 14.8 Å². The van der Waals surface area contributed by atoms with Crippen molar-refractivity contribution in [2.24, 2.45) is 0 Å². The molecule has 13 nitrogen and oxygen atoms in total. The van der Waals surface area contributed by atoms with Crippen molar-refractivity contribution in [1.82, 2.24) is 34.4 Å². The summed E-state index contributed by atoms with van der Waals surface area (Å²) in [6.07, 6.45) is 6.42. The molecule has 3 aromatic heterocycles. The Morgan fingerprint density at radius 3 is 2.33 bits per heavy atom. The van der Waals surface area contributed by atoms with Crippen LogP contribution in [0, 0.1) is 0 Å². The predicted octanol–water partition coefficient (Wildman–Crippen LogP) is 3.72. The number of amides is 1. The molecule has 1 fully saturated rings. The van der Waals surface area contributed by atoms with E-state index in [0.717, 1.165) is 18.4 Å². The molecular formula is C29H34N8O5. The number of likely N-dealkylation sites (tertiary alicyclic amines) is 1. The molecule has 0 saturated carbocycles. The topological polar surface area (TPSA) is 153 Å². The molecule has 0 bridgehead atoms. The molecule has 13 heteroatoms. The van der Waals surface area contributed by atoms with E-state index in [4.69, 9.17) is 24.9 Å². The van der Waals surface area contributed by atoms with Crippen LogP contribution in [0.15, 0.2) is 53.7 Å². The maximum absolute atomic E-state index is 12.8. The van der Waals surface area contributed by atoms with Crippen molar-refractivity contribution in [3.05, 3.63) is 59.3 Å². The van der Waals surface area contributed by atoms with Crippen LogP contribution >= 0.6 is 0 Å². The molecule has 220 valence electrons. The van der Waals surface area contributed by atoms with Crippen LogP contribution in [0.25, 0.3) is 28.3 Å². The van der Waals surface area contributed by atoms with Gasteiger partial charge in [0.05, 0.1) is 44.0 Å². The molecule has 0 atom stereocenters.